The fourth-order valence-corrected chi connectivity index (χ4v) is 2.74. The molecule has 0 spiro atoms. The van der Waals surface area contributed by atoms with Gasteiger partial charge >= 0.3 is 0 Å². The largest absolute Gasteiger partial charge is 0.460 e. The standard InChI is InChI=1S/C19H21N3O2/c1-3-4-8-17-15(14-7-5-6-9-16(14)24-17)12-21-22-18(20)10-13(2)11-19(22)23/h5-7,9-12H,3-4,8,20H2,1-2H3/b21-12-. The van der Waals surface area contributed by atoms with Gasteiger partial charge in [0.2, 0.25) is 0 Å². The third-order valence-corrected chi connectivity index (χ3v) is 3.95. The molecule has 0 aliphatic heterocycles. The van der Waals surface area contributed by atoms with Gasteiger partial charge in [-0.3, -0.25) is 4.79 Å². The van der Waals surface area contributed by atoms with Crippen LogP contribution in [0.2, 0.25) is 0 Å². The Bertz CT molecular complexity index is 951. The Labute approximate surface area is 140 Å². The van der Waals surface area contributed by atoms with Crippen molar-refractivity contribution in [3.63, 3.8) is 0 Å². The Morgan fingerprint density at radius 2 is 2.08 bits per heavy atom. The maximum atomic E-state index is 12.1. The number of anilines is 1. The van der Waals surface area contributed by atoms with Crippen LogP contribution in [-0.4, -0.2) is 10.9 Å². The molecule has 0 bridgehead atoms. The molecule has 2 aromatic heterocycles. The summed E-state index contributed by atoms with van der Waals surface area (Å²) in [5.41, 5.74) is 8.23. The Kier molecular flexibility index (Phi) is 4.51. The number of nitrogens with zero attached hydrogens (tertiary/aromatic N) is 2. The third-order valence-electron chi connectivity index (χ3n) is 3.95. The maximum Gasteiger partial charge on any atom is 0.273 e. The fourth-order valence-electron chi connectivity index (χ4n) is 2.74. The summed E-state index contributed by atoms with van der Waals surface area (Å²) < 4.78 is 7.17. The lowest BCUT2D eigenvalue weighted by molar-refractivity contribution is 0.536. The molecular formula is C19H21N3O2. The van der Waals surface area contributed by atoms with Gasteiger partial charge in [0, 0.05) is 23.4 Å². The van der Waals surface area contributed by atoms with Gasteiger partial charge in [-0.1, -0.05) is 31.5 Å². The maximum absolute atomic E-state index is 12.1. The minimum atomic E-state index is -0.244. The van der Waals surface area contributed by atoms with Crippen LogP contribution >= 0.6 is 0 Å². The average molecular weight is 323 g/mol. The minimum Gasteiger partial charge on any atom is -0.460 e. The lowest BCUT2D eigenvalue weighted by Gasteiger charge is -2.04. The van der Waals surface area contributed by atoms with Crippen molar-refractivity contribution in [3.05, 3.63) is 63.6 Å². The first-order valence-electron chi connectivity index (χ1n) is 8.14. The molecule has 0 amide bonds. The molecule has 0 radical (unpaired) electrons. The number of benzene rings is 1. The van der Waals surface area contributed by atoms with E-state index in [1.807, 2.05) is 31.2 Å². The smallest absolute Gasteiger partial charge is 0.273 e. The van der Waals surface area contributed by atoms with E-state index < -0.39 is 0 Å². The van der Waals surface area contributed by atoms with E-state index in [1.54, 1.807) is 12.3 Å². The molecule has 0 saturated heterocycles. The van der Waals surface area contributed by atoms with Gasteiger partial charge in [-0.05, 0) is 31.0 Å². The zero-order chi connectivity index (χ0) is 17.1. The molecule has 0 atom stereocenters. The lowest BCUT2D eigenvalue weighted by Crippen LogP contribution is -2.19. The van der Waals surface area contributed by atoms with E-state index in [0.717, 1.165) is 47.1 Å². The van der Waals surface area contributed by atoms with E-state index in [4.69, 9.17) is 10.2 Å². The number of para-hydroxylation sites is 1. The molecule has 0 fully saturated rings. The van der Waals surface area contributed by atoms with E-state index in [2.05, 4.69) is 12.0 Å². The topological polar surface area (TPSA) is 73.5 Å². The van der Waals surface area contributed by atoms with E-state index in [-0.39, 0.29) is 5.56 Å². The number of rotatable bonds is 5. The summed E-state index contributed by atoms with van der Waals surface area (Å²) in [6.07, 6.45) is 4.63. The van der Waals surface area contributed by atoms with Gasteiger partial charge in [-0.25, -0.2) is 0 Å². The predicted molar refractivity (Wildman–Crippen MR) is 97.7 cm³/mol. The van der Waals surface area contributed by atoms with Crippen LogP contribution in [0.25, 0.3) is 11.0 Å². The molecule has 124 valence electrons. The van der Waals surface area contributed by atoms with Crippen molar-refractivity contribution >= 4 is 23.0 Å². The van der Waals surface area contributed by atoms with Crippen LogP contribution in [0.4, 0.5) is 5.82 Å². The van der Waals surface area contributed by atoms with Crippen molar-refractivity contribution in [3.8, 4) is 0 Å². The molecule has 3 rings (SSSR count). The van der Waals surface area contributed by atoms with Gasteiger partial charge < -0.3 is 10.2 Å². The van der Waals surface area contributed by atoms with Crippen molar-refractivity contribution < 1.29 is 4.42 Å². The summed E-state index contributed by atoms with van der Waals surface area (Å²) in [6, 6.07) is 11.1. The zero-order valence-corrected chi connectivity index (χ0v) is 14.0. The molecule has 0 aliphatic rings. The molecular weight excluding hydrogens is 302 g/mol. The van der Waals surface area contributed by atoms with Gasteiger partial charge in [0.1, 0.15) is 17.2 Å². The van der Waals surface area contributed by atoms with Gasteiger partial charge in [-0.2, -0.15) is 9.78 Å². The molecule has 5 nitrogen and oxygen atoms in total. The van der Waals surface area contributed by atoms with Gasteiger partial charge in [0.25, 0.3) is 5.56 Å². The number of unbranched alkanes of at least 4 members (excludes halogenated alkanes) is 1. The Balaban J connectivity index is 2.07. The Morgan fingerprint density at radius 1 is 1.29 bits per heavy atom. The molecule has 1 aromatic carbocycles. The molecule has 2 heterocycles. The van der Waals surface area contributed by atoms with Crippen LogP contribution in [0, 0.1) is 6.92 Å². The molecule has 0 aliphatic carbocycles. The molecule has 0 unspecified atom stereocenters. The number of furan rings is 1. The first-order chi connectivity index (χ1) is 11.6. The summed E-state index contributed by atoms with van der Waals surface area (Å²) in [6.45, 7) is 3.97. The number of pyridine rings is 1. The van der Waals surface area contributed by atoms with Crippen molar-refractivity contribution in [1.82, 2.24) is 4.68 Å². The van der Waals surface area contributed by atoms with E-state index in [0.29, 0.717) is 5.82 Å². The van der Waals surface area contributed by atoms with Gasteiger partial charge in [0.15, 0.2) is 0 Å². The second-order valence-electron chi connectivity index (χ2n) is 5.89. The molecule has 0 saturated carbocycles. The molecule has 2 N–H and O–H groups in total. The number of aryl methyl sites for hydroxylation is 2. The van der Waals surface area contributed by atoms with Crippen LogP contribution in [-0.2, 0) is 6.42 Å². The zero-order valence-electron chi connectivity index (χ0n) is 14.0. The summed E-state index contributed by atoms with van der Waals surface area (Å²) in [5.74, 6) is 1.21. The summed E-state index contributed by atoms with van der Waals surface area (Å²) in [4.78, 5) is 12.1. The highest BCUT2D eigenvalue weighted by Gasteiger charge is 2.12. The van der Waals surface area contributed by atoms with E-state index in [1.165, 1.54) is 10.7 Å². The van der Waals surface area contributed by atoms with E-state index in [9.17, 15) is 4.79 Å². The highest BCUT2D eigenvalue weighted by Crippen LogP contribution is 2.25. The first kappa shape index (κ1) is 16.1. The number of nitrogens with two attached hydrogens (primary N) is 1. The number of nitrogen functional groups attached to an aromatic ring is 1. The second kappa shape index (κ2) is 6.74. The van der Waals surface area contributed by atoms with Crippen molar-refractivity contribution in [2.24, 2.45) is 5.10 Å². The summed E-state index contributed by atoms with van der Waals surface area (Å²) in [7, 11) is 0. The van der Waals surface area contributed by atoms with Crippen molar-refractivity contribution in [2.45, 2.75) is 33.1 Å². The molecule has 3 aromatic rings. The minimum absolute atomic E-state index is 0.244. The Morgan fingerprint density at radius 3 is 2.83 bits per heavy atom. The molecule has 24 heavy (non-hydrogen) atoms. The fraction of sp³-hybridized carbons (Fsp3) is 0.263. The number of fused-ring (bicyclic) bond motifs is 1. The molecule has 5 heteroatoms. The Hall–Kier alpha value is -2.82. The van der Waals surface area contributed by atoms with Crippen LogP contribution in [0.15, 0.2) is 50.7 Å². The predicted octanol–water partition coefficient (Wildman–Crippen LogP) is 3.71. The van der Waals surface area contributed by atoms with Gasteiger partial charge in [-0.15, -0.1) is 0 Å². The summed E-state index contributed by atoms with van der Waals surface area (Å²) >= 11 is 0. The SMILES string of the molecule is CCCCc1oc2ccccc2c1/C=N\n1c(N)cc(C)cc1=O. The van der Waals surface area contributed by atoms with Crippen molar-refractivity contribution in [1.29, 1.82) is 0 Å². The van der Waals surface area contributed by atoms with Gasteiger partial charge in [0.05, 0.1) is 6.21 Å². The number of hydrogen-bond donors (Lipinski definition) is 1. The van der Waals surface area contributed by atoms with Crippen LogP contribution in [0.3, 0.4) is 0 Å². The van der Waals surface area contributed by atoms with Crippen molar-refractivity contribution in [2.75, 3.05) is 5.73 Å². The normalized spacial score (nSPS) is 11.6. The van der Waals surface area contributed by atoms with Crippen LogP contribution in [0.5, 0.6) is 0 Å². The van der Waals surface area contributed by atoms with Crippen LogP contribution in [0.1, 0.15) is 36.7 Å². The second-order valence-corrected chi connectivity index (χ2v) is 5.89. The number of aromatic nitrogens is 1. The average Bonchev–Trinajstić information content (AvgIpc) is 2.89. The third kappa shape index (κ3) is 3.11. The number of hydrogen-bond acceptors (Lipinski definition) is 4. The lowest BCUT2D eigenvalue weighted by atomic mass is 10.1. The summed E-state index contributed by atoms with van der Waals surface area (Å²) in [5, 5.41) is 5.29. The monoisotopic (exact) mass is 323 g/mol. The van der Waals surface area contributed by atoms with Crippen LogP contribution < -0.4 is 11.3 Å². The highest BCUT2D eigenvalue weighted by atomic mass is 16.3. The van der Waals surface area contributed by atoms with E-state index >= 15 is 0 Å². The highest BCUT2D eigenvalue weighted by molar-refractivity contribution is 5.99. The first-order valence-corrected chi connectivity index (χ1v) is 8.14. The quantitative estimate of drug-likeness (QED) is 0.727.